The van der Waals surface area contributed by atoms with Crippen molar-refractivity contribution in [1.29, 1.82) is 0 Å². The van der Waals surface area contributed by atoms with Gasteiger partial charge >= 0.3 is 0 Å². The number of furan rings is 1. The summed E-state index contributed by atoms with van der Waals surface area (Å²) in [4.78, 5) is 2.53. The number of nitrogens with one attached hydrogen (secondary N) is 1. The first kappa shape index (κ1) is 16.3. The number of nitrogens with zero attached hydrogens (tertiary/aromatic N) is 1. The van der Waals surface area contributed by atoms with E-state index < -0.39 is 0 Å². The predicted octanol–water partition coefficient (Wildman–Crippen LogP) is 3.79. The zero-order chi connectivity index (χ0) is 14.1. The van der Waals surface area contributed by atoms with Gasteiger partial charge in [0.25, 0.3) is 0 Å². The second-order valence-electron chi connectivity index (χ2n) is 5.28. The van der Waals surface area contributed by atoms with Crippen molar-refractivity contribution in [2.24, 2.45) is 0 Å². The van der Waals surface area contributed by atoms with Gasteiger partial charge in [0.05, 0.1) is 12.8 Å². The van der Waals surface area contributed by atoms with Crippen LogP contribution < -0.4 is 5.32 Å². The molecule has 1 rings (SSSR count). The Balaban J connectivity index is 2.54. The van der Waals surface area contributed by atoms with Gasteiger partial charge in [-0.1, -0.05) is 27.2 Å². The molecule has 3 nitrogen and oxygen atoms in total. The lowest BCUT2D eigenvalue weighted by atomic mass is 10.2. The van der Waals surface area contributed by atoms with Crippen molar-refractivity contribution in [3.8, 4) is 0 Å². The fraction of sp³-hybridized carbons (Fsp3) is 0.750. The zero-order valence-corrected chi connectivity index (χ0v) is 13.0. The first-order chi connectivity index (χ1) is 9.21. The molecule has 1 heterocycles. The normalized spacial score (nSPS) is 13.1. The Labute approximate surface area is 118 Å². The Morgan fingerprint density at radius 1 is 1.32 bits per heavy atom. The molecule has 0 fully saturated rings. The highest BCUT2D eigenvalue weighted by Gasteiger charge is 2.14. The summed E-state index contributed by atoms with van der Waals surface area (Å²) >= 11 is 0. The van der Waals surface area contributed by atoms with Crippen molar-refractivity contribution < 1.29 is 4.42 Å². The van der Waals surface area contributed by atoms with E-state index in [-0.39, 0.29) is 0 Å². The Hall–Kier alpha value is -0.800. The Kier molecular flexibility index (Phi) is 7.84. The van der Waals surface area contributed by atoms with Gasteiger partial charge in [-0.2, -0.15) is 0 Å². The van der Waals surface area contributed by atoms with Crippen molar-refractivity contribution in [2.75, 3.05) is 13.1 Å². The molecule has 3 heteroatoms. The van der Waals surface area contributed by atoms with Gasteiger partial charge in [-0.05, 0) is 38.9 Å². The van der Waals surface area contributed by atoms with Crippen molar-refractivity contribution in [3.05, 3.63) is 23.7 Å². The molecule has 0 aromatic carbocycles. The average Bonchev–Trinajstić information content (AvgIpc) is 2.87. The molecule has 1 aromatic rings. The van der Waals surface area contributed by atoms with Crippen LogP contribution in [-0.4, -0.2) is 24.0 Å². The van der Waals surface area contributed by atoms with Crippen molar-refractivity contribution >= 4 is 0 Å². The maximum absolute atomic E-state index is 5.69. The van der Waals surface area contributed by atoms with Gasteiger partial charge in [0, 0.05) is 18.2 Å². The van der Waals surface area contributed by atoms with Gasteiger partial charge in [-0.25, -0.2) is 0 Å². The van der Waals surface area contributed by atoms with E-state index in [1.54, 1.807) is 0 Å². The van der Waals surface area contributed by atoms with Crippen molar-refractivity contribution in [2.45, 2.75) is 66.1 Å². The van der Waals surface area contributed by atoms with Crippen LogP contribution in [0.1, 0.15) is 58.3 Å². The molecular formula is C16H30N2O. The van der Waals surface area contributed by atoms with Gasteiger partial charge < -0.3 is 9.73 Å². The van der Waals surface area contributed by atoms with Crippen LogP contribution in [0.5, 0.6) is 0 Å². The van der Waals surface area contributed by atoms with Gasteiger partial charge in [0.2, 0.25) is 0 Å². The number of hydrogen-bond acceptors (Lipinski definition) is 3. The lowest BCUT2D eigenvalue weighted by Crippen LogP contribution is -2.32. The highest BCUT2D eigenvalue weighted by Crippen LogP contribution is 2.14. The fourth-order valence-corrected chi connectivity index (χ4v) is 2.15. The molecule has 1 atom stereocenters. The highest BCUT2D eigenvalue weighted by atomic mass is 16.3. The first-order valence-electron chi connectivity index (χ1n) is 7.72. The number of unbranched alkanes of at least 4 members (excludes halogenated alkanes) is 1. The van der Waals surface area contributed by atoms with Crippen LogP contribution in [0.3, 0.4) is 0 Å². The molecule has 0 bridgehead atoms. The summed E-state index contributed by atoms with van der Waals surface area (Å²) in [6, 6.07) is 2.80. The van der Waals surface area contributed by atoms with E-state index in [1.165, 1.54) is 24.8 Å². The van der Waals surface area contributed by atoms with Crippen LogP contribution in [0.2, 0.25) is 0 Å². The molecular weight excluding hydrogens is 236 g/mol. The second-order valence-corrected chi connectivity index (χ2v) is 5.28. The molecule has 0 radical (unpaired) electrons. The molecule has 1 aromatic heterocycles. The standard InChI is InChI=1S/C16H30N2O/c1-5-8-9-18(14(4)6-2)12-16-10-15(13-19-16)11-17-7-3/h10,13-14,17H,5-9,11-12H2,1-4H3. The van der Waals surface area contributed by atoms with Gasteiger partial charge in [0.15, 0.2) is 0 Å². The van der Waals surface area contributed by atoms with Gasteiger partial charge in [-0.3, -0.25) is 4.90 Å². The number of rotatable bonds is 10. The summed E-state index contributed by atoms with van der Waals surface area (Å²) in [5.41, 5.74) is 1.25. The maximum atomic E-state index is 5.69. The molecule has 110 valence electrons. The smallest absolute Gasteiger partial charge is 0.118 e. The average molecular weight is 266 g/mol. The van der Waals surface area contributed by atoms with Crippen molar-refractivity contribution in [3.63, 3.8) is 0 Å². The minimum absolute atomic E-state index is 0.619. The van der Waals surface area contributed by atoms with E-state index in [0.717, 1.165) is 31.9 Å². The first-order valence-corrected chi connectivity index (χ1v) is 7.72. The van der Waals surface area contributed by atoms with E-state index in [0.29, 0.717) is 6.04 Å². The summed E-state index contributed by atoms with van der Waals surface area (Å²) in [6.07, 6.45) is 5.58. The fourth-order valence-electron chi connectivity index (χ4n) is 2.15. The quantitative estimate of drug-likeness (QED) is 0.698. The maximum Gasteiger partial charge on any atom is 0.118 e. The summed E-state index contributed by atoms with van der Waals surface area (Å²) in [5.74, 6) is 1.09. The highest BCUT2D eigenvalue weighted by molar-refractivity contribution is 5.12. The van der Waals surface area contributed by atoms with E-state index in [1.807, 2.05) is 6.26 Å². The topological polar surface area (TPSA) is 28.4 Å². The minimum Gasteiger partial charge on any atom is -0.468 e. The molecule has 1 N–H and O–H groups in total. The largest absolute Gasteiger partial charge is 0.468 e. The third-order valence-electron chi connectivity index (χ3n) is 3.66. The van der Waals surface area contributed by atoms with Crippen LogP contribution in [0.25, 0.3) is 0 Å². The van der Waals surface area contributed by atoms with Gasteiger partial charge in [0.1, 0.15) is 5.76 Å². The minimum atomic E-state index is 0.619. The molecule has 0 aliphatic carbocycles. The summed E-state index contributed by atoms with van der Waals surface area (Å²) in [7, 11) is 0. The monoisotopic (exact) mass is 266 g/mol. The third kappa shape index (κ3) is 5.79. The van der Waals surface area contributed by atoms with Crippen LogP contribution in [0, 0.1) is 0 Å². The van der Waals surface area contributed by atoms with E-state index in [4.69, 9.17) is 4.42 Å². The SMILES string of the molecule is CCCCN(Cc1cc(CNCC)co1)C(C)CC. The summed E-state index contributed by atoms with van der Waals surface area (Å²) < 4.78 is 5.69. The summed E-state index contributed by atoms with van der Waals surface area (Å²) in [5, 5.41) is 3.33. The molecule has 0 amide bonds. The molecule has 0 saturated heterocycles. The predicted molar refractivity (Wildman–Crippen MR) is 81.2 cm³/mol. The molecule has 0 spiro atoms. The molecule has 0 saturated carbocycles. The van der Waals surface area contributed by atoms with E-state index in [9.17, 15) is 0 Å². The van der Waals surface area contributed by atoms with Crippen LogP contribution in [0.15, 0.2) is 16.7 Å². The van der Waals surface area contributed by atoms with E-state index in [2.05, 4.69) is 44.0 Å². The second kappa shape index (κ2) is 9.16. The zero-order valence-electron chi connectivity index (χ0n) is 13.0. The van der Waals surface area contributed by atoms with Gasteiger partial charge in [-0.15, -0.1) is 0 Å². The lowest BCUT2D eigenvalue weighted by Gasteiger charge is -2.27. The third-order valence-corrected chi connectivity index (χ3v) is 3.66. The van der Waals surface area contributed by atoms with E-state index >= 15 is 0 Å². The van der Waals surface area contributed by atoms with Crippen LogP contribution >= 0.6 is 0 Å². The summed E-state index contributed by atoms with van der Waals surface area (Å²) in [6.45, 7) is 12.9. The molecule has 19 heavy (non-hydrogen) atoms. The molecule has 1 unspecified atom stereocenters. The van der Waals surface area contributed by atoms with Crippen LogP contribution in [0.4, 0.5) is 0 Å². The Morgan fingerprint density at radius 2 is 2.11 bits per heavy atom. The number of hydrogen-bond donors (Lipinski definition) is 1. The molecule has 0 aliphatic rings. The molecule has 0 aliphatic heterocycles. The van der Waals surface area contributed by atoms with Crippen molar-refractivity contribution in [1.82, 2.24) is 10.2 Å². The lowest BCUT2D eigenvalue weighted by molar-refractivity contribution is 0.178. The Bertz CT molecular complexity index is 335. The van der Waals surface area contributed by atoms with Crippen LogP contribution in [-0.2, 0) is 13.1 Å². The Morgan fingerprint density at radius 3 is 2.74 bits per heavy atom.